The van der Waals surface area contributed by atoms with Gasteiger partial charge >= 0.3 is 0 Å². The molecular formula is C30H36N4O2. The Balaban J connectivity index is 1.05. The number of carbonyl (C=O) groups is 2. The van der Waals surface area contributed by atoms with Gasteiger partial charge in [0.15, 0.2) is 0 Å². The van der Waals surface area contributed by atoms with Gasteiger partial charge in [-0.05, 0) is 92.4 Å². The molecule has 1 atom stereocenters. The molecule has 6 nitrogen and oxygen atoms in total. The molecule has 188 valence electrons. The number of carbonyl (C=O) groups excluding carboxylic acids is 2. The lowest BCUT2D eigenvalue weighted by molar-refractivity contribution is -0.126. The predicted octanol–water partition coefficient (Wildman–Crippen LogP) is 4.41. The minimum atomic E-state index is -0.397. The number of piperidine rings is 2. The Bertz CT molecular complexity index is 1160. The minimum absolute atomic E-state index is 0.0187. The number of allylic oxidation sites excluding steroid dienone is 1. The molecule has 4 aliphatic rings. The van der Waals surface area contributed by atoms with Gasteiger partial charge in [-0.25, -0.2) is 0 Å². The molecule has 0 aromatic heterocycles. The van der Waals surface area contributed by atoms with E-state index in [-0.39, 0.29) is 11.8 Å². The number of rotatable bonds is 5. The molecule has 2 aromatic carbocycles. The van der Waals surface area contributed by atoms with Gasteiger partial charge in [-0.3, -0.25) is 14.5 Å². The van der Waals surface area contributed by atoms with Gasteiger partial charge in [-0.2, -0.15) is 0 Å². The Labute approximate surface area is 213 Å². The first-order chi connectivity index (χ1) is 17.5. The normalized spacial score (nSPS) is 23.3. The van der Waals surface area contributed by atoms with E-state index < -0.39 is 6.04 Å². The van der Waals surface area contributed by atoms with Crippen LogP contribution in [0.3, 0.4) is 0 Å². The van der Waals surface area contributed by atoms with E-state index in [2.05, 4.69) is 58.1 Å². The minimum Gasteiger partial charge on any atom is -0.372 e. The van der Waals surface area contributed by atoms with Gasteiger partial charge in [0.05, 0.1) is 0 Å². The van der Waals surface area contributed by atoms with Crippen LogP contribution in [0.4, 0.5) is 5.69 Å². The highest BCUT2D eigenvalue weighted by molar-refractivity contribution is 6.01. The standard InChI is InChI=1S/C30H36N4O2/c1-21-4-11-28(29(35)31-21)34-20-25-18-24(7-10-27(25)30(34)36)23-12-16-32(17-13-23)19-22-5-8-26(9-6-22)33-14-2-3-15-33/h5-10,18,23,28H,1-4,11-17,19-20H2,(H,31,35). The lowest BCUT2D eigenvalue weighted by Gasteiger charge is -2.32. The van der Waals surface area contributed by atoms with E-state index >= 15 is 0 Å². The van der Waals surface area contributed by atoms with Gasteiger partial charge in [-0.1, -0.05) is 30.8 Å². The highest BCUT2D eigenvalue weighted by Crippen LogP contribution is 2.34. The Hall–Kier alpha value is -3.12. The molecular weight excluding hydrogens is 448 g/mol. The van der Waals surface area contributed by atoms with Crippen molar-refractivity contribution in [1.29, 1.82) is 0 Å². The van der Waals surface area contributed by atoms with Crippen LogP contribution >= 0.6 is 0 Å². The topological polar surface area (TPSA) is 55.9 Å². The Morgan fingerprint density at radius 1 is 0.917 bits per heavy atom. The molecule has 0 radical (unpaired) electrons. The second kappa shape index (κ2) is 9.74. The molecule has 4 aliphatic heterocycles. The van der Waals surface area contributed by atoms with Gasteiger partial charge in [0.25, 0.3) is 5.91 Å². The molecule has 36 heavy (non-hydrogen) atoms. The summed E-state index contributed by atoms with van der Waals surface area (Å²) in [5.41, 5.74) is 6.65. The van der Waals surface area contributed by atoms with Crippen molar-refractivity contribution in [1.82, 2.24) is 15.1 Å². The molecule has 3 fully saturated rings. The Morgan fingerprint density at radius 3 is 2.39 bits per heavy atom. The zero-order valence-corrected chi connectivity index (χ0v) is 21.0. The third-order valence-corrected chi connectivity index (χ3v) is 8.53. The first kappa shape index (κ1) is 23.3. The van der Waals surface area contributed by atoms with Crippen molar-refractivity contribution in [3.05, 3.63) is 77.0 Å². The molecule has 6 rings (SSSR count). The van der Waals surface area contributed by atoms with Crippen LogP contribution in [-0.4, -0.2) is 53.8 Å². The average molecular weight is 485 g/mol. The highest BCUT2D eigenvalue weighted by atomic mass is 16.2. The Kier molecular flexibility index (Phi) is 6.30. The van der Waals surface area contributed by atoms with Gasteiger partial charge in [0.1, 0.15) is 6.04 Å². The maximum Gasteiger partial charge on any atom is 0.255 e. The number of hydrogen-bond acceptors (Lipinski definition) is 4. The fourth-order valence-electron chi connectivity index (χ4n) is 6.40. The summed E-state index contributed by atoms with van der Waals surface area (Å²) in [4.78, 5) is 32.3. The molecule has 2 aromatic rings. The van der Waals surface area contributed by atoms with Crippen LogP contribution in [0.25, 0.3) is 0 Å². The van der Waals surface area contributed by atoms with Crippen LogP contribution < -0.4 is 10.2 Å². The van der Waals surface area contributed by atoms with Crippen LogP contribution in [0.1, 0.15) is 71.5 Å². The fourth-order valence-corrected chi connectivity index (χ4v) is 6.40. The van der Waals surface area contributed by atoms with E-state index in [4.69, 9.17) is 0 Å². The number of fused-ring (bicyclic) bond motifs is 1. The van der Waals surface area contributed by atoms with E-state index in [9.17, 15) is 9.59 Å². The van der Waals surface area contributed by atoms with Crippen molar-refractivity contribution < 1.29 is 9.59 Å². The molecule has 0 spiro atoms. The third-order valence-electron chi connectivity index (χ3n) is 8.53. The summed E-state index contributed by atoms with van der Waals surface area (Å²) in [7, 11) is 0. The lowest BCUT2D eigenvalue weighted by atomic mass is 9.87. The number of amides is 2. The molecule has 0 saturated carbocycles. The van der Waals surface area contributed by atoms with Crippen LogP contribution in [0, 0.1) is 0 Å². The summed E-state index contributed by atoms with van der Waals surface area (Å²) in [6, 6.07) is 15.1. The number of benzene rings is 2. The summed E-state index contributed by atoms with van der Waals surface area (Å²) in [5.74, 6) is 0.398. The van der Waals surface area contributed by atoms with Crippen molar-refractivity contribution in [2.75, 3.05) is 31.1 Å². The zero-order valence-electron chi connectivity index (χ0n) is 21.0. The SMILES string of the molecule is C=C1CCC(N2Cc3cc(C4CCN(Cc5ccc(N6CCCC6)cc5)CC4)ccc3C2=O)C(=O)N1. The molecule has 1 unspecified atom stereocenters. The lowest BCUT2D eigenvalue weighted by Crippen LogP contribution is -2.49. The maximum atomic E-state index is 13.0. The summed E-state index contributed by atoms with van der Waals surface area (Å²) in [6.07, 6.45) is 6.26. The van der Waals surface area contributed by atoms with Crippen molar-refractivity contribution in [3.63, 3.8) is 0 Å². The molecule has 0 bridgehead atoms. The van der Waals surface area contributed by atoms with Crippen molar-refractivity contribution in [2.24, 2.45) is 0 Å². The summed E-state index contributed by atoms with van der Waals surface area (Å²) in [5, 5.41) is 2.82. The first-order valence-electron chi connectivity index (χ1n) is 13.5. The molecule has 0 aliphatic carbocycles. The van der Waals surface area contributed by atoms with E-state index in [0.717, 1.165) is 55.7 Å². The molecule has 3 saturated heterocycles. The summed E-state index contributed by atoms with van der Waals surface area (Å²) in [6.45, 7) is 9.95. The average Bonchev–Trinajstić information content (AvgIpc) is 3.54. The molecule has 2 amide bonds. The van der Waals surface area contributed by atoms with Crippen molar-refractivity contribution in [3.8, 4) is 0 Å². The van der Waals surface area contributed by atoms with E-state index in [1.165, 1.54) is 42.7 Å². The molecule has 6 heteroatoms. The molecule has 1 N–H and O–H groups in total. The van der Waals surface area contributed by atoms with Gasteiger partial charge < -0.3 is 15.1 Å². The zero-order chi connectivity index (χ0) is 24.6. The smallest absolute Gasteiger partial charge is 0.255 e. The van der Waals surface area contributed by atoms with Gasteiger partial charge in [0, 0.05) is 43.1 Å². The van der Waals surface area contributed by atoms with Crippen molar-refractivity contribution >= 4 is 17.5 Å². The molecule has 4 heterocycles. The number of likely N-dealkylation sites (tertiary alicyclic amines) is 1. The van der Waals surface area contributed by atoms with Gasteiger partial charge in [-0.15, -0.1) is 0 Å². The van der Waals surface area contributed by atoms with E-state index in [1.807, 2.05) is 6.07 Å². The number of anilines is 1. The second-order valence-corrected chi connectivity index (χ2v) is 10.9. The summed E-state index contributed by atoms with van der Waals surface area (Å²) < 4.78 is 0. The monoisotopic (exact) mass is 484 g/mol. The largest absolute Gasteiger partial charge is 0.372 e. The van der Waals surface area contributed by atoms with Crippen molar-refractivity contribution in [2.45, 2.75) is 63.6 Å². The number of nitrogens with zero attached hydrogens (tertiary/aromatic N) is 3. The van der Waals surface area contributed by atoms with Crippen LogP contribution in [0.5, 0.6) is 0 Å². The van der Waals surface area contributed by atoms with Crippen LogP contribution in [-0.2, 0) is 17.9 Å². The quantitative estimate of drug-likeness (QED) is 0.683. The Morgan fingerprint density at radius 2 is 1.67 bits per heavy atom. The van der Waals surface area contributed by atoms with Crippen LogP contribution in [0.2, 0.25) is 0 Å². The predicted molar refractivity (Wildman–Crippen MR) is 142 cm³/mol. The fraction of sp³-hybridized carbons (Fsp3) is 0.467. The van der Waals surface area contributed by atoms with E-state index in [0.29, 0.717) is 18.9 Å². The number of hydrogen-bond donors (Lipinski definition) is 1. The first-order valence-corrected chi connectivity index (χ1v) is 13.5. The van der Waals surface area contributed by atoms with E-state index in [1.54, 1.807) is 4.90 Å². The third kappa shape index (κ3) is 4.55. The second-order valence-electron chi connectivity index (χ2n) is 10.9. The maximum absolute atomic E-state index is 13.0. The number of nitrogens with one attached hydrogen (secondary N) is 1. The van der Waals surface area contributed by atoms with Crippen LogP contribution in [0.15, 0.2) is 54.7 Å². The summed E-state index contributed by atoms with van der Waals surface area (Å²) >= 11 is 0. The van der Waals surface area contributed by atoms with Gasteiger partial charge in [0.2, 0.25) is 5.91 Å². The highest BCUT2D eigenvalue weighted by Gasteiger charge is 2.38.